The van der Waals surface area contributed by atoms with Gasteiger partial charge in [-0.3, -0.25) is 4.68 Å². The fourth-order valence-electron chi connectivity index (χ4n) is 2.07. The molecule has 0 aliphatic carbocycles. The third-order valence-corrected chi connectivity index (χ3v) is 3.02. The van der Waals surface area contributed by atoms with Crippen molar-refractivity contribution in [3.63, 3.8) is 0 Å². The maximum Gasteiger partial charge on any atom is 0.0902 e. The highest BCUT2D eigenvalue weighted by Crippen LogP contribution is 2.20. The van der Waals surface area contributed by atoms with E-state index in [0.29, 0.717) is 12.6 Å². The molecule has 2 heterocycles. The van der Waals surface area contributed by atoms with Gasteiger partial charge < -0.3 is 9.64 Å². The lowest BCUT2D eigenvalue weighted by atomic mass is 10.1. The third kappa shape index (κ3) is 2.58. The van der Waals surface area contributed by atoms with Gasteiger partial charge in [-0.1, -0.05) is 0 Å². The van der Waals surface area contributed by atoms with Gasteiger partial charge in [0.05, 0.1) is 18.3 Å². The van der Waals surface area contributed by atoms with E-state index in [1.54, 1.807) is 7.11 Å². The highest BCUT2D eigenvalue weighted by Gasteiger charge is 2.18. The molecule has 0 N–H and O–H groups in total. The molecule has 0 atom stereocenters. The van der Waals surface area contributed by atoms with Crippen molar-refractivity contribution in [1.82, 2.24) is 14.7 Å². The fourth-order valence-corrected chi connectivity index (χ4v) is 2.07. The zero-order valence-corrected chi connectivity index (χ0v) is 9.52. The number of hydrogen-bond donors (Lipinski definition) is 0. The molecule has 0 spiro atoms. The van der Waals surface area contributed by atoms with Crippen molar-refractivity contribution in [1.29, 1.82) is 0 Å². The summed E-state index contributed by atoms with van der Waals surface area (Å²) >= 11 is 0. The number of piperidine rings is 1. The molecule has 1 saturated heterocycles. The summed E-state index contributed by atoms with van der Waals surface area (Å²) in [7, 11) is 3.88. The first-order valence-electron chi connectivity index (χ1n) is 5.51. The molecule has 1 aliphatic heterocycles. The summed E-state index contributed by atoms with van der Waals surface area (Å²) in [4.78, 5) is 2.37. The quantitative estimate of drug-likeness (QED) is 0.751. The Balaban J connectivity index is 1.96. The molecule has 0 saturated carbocycles. The van der Waals surface area contributed by atoms with E-state index in [1.807, 2.05) is 6.07 Å². The normalized spacial score (nSPS) is 19.6. The van der Waals surface area contributed by atoms with Crippen LogP contribution in [0.3, 0.4) is 0 Å². The van der Waals surface area contributed by atoms with E-state index in [4.69, 9.17) is 4.74 Å². The molecule has 4 heteroatoms. The van der Waals surface area contributed by atoms with Gasteiger partial charge in [0.25, 0.3) is 0 Å². The van der Waals surface area contributed by atoms with E-state index in [2.05, 4.69) is 27.9 Å². The van der Waals surface area contributed by atoms with Crippen LogP contribution in [0.15, 0.2) is 12.3 Å². The smallest absolute Gasteiger partial charge is 0.0902 e. The maximum absolute atomic E-state index is 5.06. The van der Waals surface area contributed by atoms with Gasteiger partial charge >= 0.3 is 0 Å². The van der Waals surface area contributed by atoms with Gasteiger partial charge in [0.15, 0.2) is 0 Å². The fraction of sp³-hybridized carbons (Fsp3) is 0.727. The van der Waals surface area contributed by atoms with Crippen molar-refractivity contribution in [2.24, 2.45) is 0 Å². The summed E-state index contributed by atoms with van der Waals surface area (Å²) in [5.41, 5.74) is 1.02. The van der Waals surface area contributed by atoms with Crippen LogP contribution < -0.4 is 0 Å². The average Bonchev–Trinajstić information content (AvgIpc) is 2.68. The van der Waals surface area contributed by atoms with Crippen molar-refractivity contribution >= 4 is 0 Å². The molecule has 0 aromatic carbocycles. The lowest BCUT2D eigenvalue weighted by Gasteiger charge is -2.29. The number of ether oxygens (including phenoxy) is 1. The number of rotatable bonds is 3. The van der Waals surface area contributed by atoms with Crippen LogP contribution in [-0.2, 0) is 11.3 Å². The molecule has 15 heavy (non-hydrogen) atoms. The zero-order valence-electron chi connectivity index (χ0n) is 9.52. The monoisotopic (exact) mass is 209 g/mol. The maximum atomic E-state index is 5.06. The highest BCUT2D eigenvalue weighted by atomic mass is 16.5. The van der Waals surface area contributed by atoms with Crippen LogP contribution in [0.2, 0.25) is 0 Å². The Hall–Kier alpha value is -0.870. The minimum Gasteiger partial charge on any atom is -0.378 e. The van der Waals surface area contributed by atoms with Crippen LogP contribution in [0, 0.1) is 0 Å². The number of methoxy groups -OCH3 is 1. The second kappa shape index (κ2) is 4.77. The Labute approximate surface area is 90.8 Å². The third-order valence-electron chi connectivity index (χ3n) is 3.02. The lowest BCUT2D eigenvalue weighted by molar-refractivity contribution is 0.177. The molecule has 0 bridgehead atoms. The predicted octanol–water partition coefficient (Wildman–Crippen LogP) is 1.30. The van der Waals surface area contributed by atoms with E-state index in [-0.39, 0.29) is 0 Å². The molecule has 84 valence electrons. The summed E-state index contributed by atoms with van der Waals surface area (Å²) in [5, 5.41) is 4.52. The number of likely N-dealkylation sites (tertiary alicyclic amines) is 1. The van der Waals surface area contributed by atoms with Crippen molar-refractivity contribution in [2.75, 3.05) is 27.2 Å². The van der Waals surface area contributed by atoms with Crippen LogP contribution in [0.25, 0.3) is 0 Å². The summed E-state index contributed by atoms with van der Waals surface area (Å²) < 4.78 is 7.16. The van der Waals surface area contributed by atoms with Crippen molar-refractivity contribution in [3.8, 4) is 0 Å². The number of aromatic nitrogens is 2. The van der Waals surface area contributed by atoms with Crippen LogP contribution >= 0.6 is 0 Å². The Kier molecular flexibility index (Phi) is 3.38. The van der Waals surface area contributed by atoms with Gasteiger partial charge in [-0.05, 0) is 39.0 Å². The predicted molar refractivity (Wildman–Crippen MR) is 58.7 cm³/mol. The van der Waals surface area contributed by atoms with Gasteiger partial charge in [-0.2, -0.15) is 5.10 Å². The Morgan fingerprint density at radius 3 is 2.87 bits per heavy atom. The van der Waals surface area contributed by atoms with Crippen molar-refractivity contribution in [3.05, 3.63) is 18.0 Å². The van der Waals surface area contributed by atoms with E-state index in [9.17, 15) is 0 Å². The molecule has 1 aliphatic rings. The van der Waals surface area contributed by atoms with Gasteiger partial charge in [-0.15, -0.1) is 0 Å². The molecule has 0 radical (unpaired) electrons. The average molecular weight is 209 g/mol. The van der Waals surface area contributed by atoms with E-state index >= 15 is 0 Å². The molecule has 1 aromatic rings. The van der Waals surface area contributed by atoms with Crippen LogP contribution in [-0.4, -0.2) is 41.9 Å². The summed E-state index contributed by atoms with van der Waals surface area (Å²) in [5.74, 6) is 0. The Morgan fingerprint density at radius 2 is 2.20 bits per heavy atom. The highest BCUT2D eigenvalue weighted by molar-refractivity contribution is 4.98. The van der Waals surface area contributed by atoms with E-state index in [1.165, 1.54) is 25.9 Å². The molecular formula is C11H19N3O. The van der Waals surface area contributed by atoms with Gasteiger partial charge in [0, 0.05) is 13.3 Å². The van der Waals surface area contributed by atoms with E-state index < -0.39 is 0 Å². The molecule has 1 aromatic heterocycles. The standard InChI is InChI=1S/C11H19N3O/c1-13-6-4-11(5-7-13)14-8-3-10(12-14)9-15-2/h3,8,11H,4-7,9H2,1-2H3. The largest absolute Gasteiger partial charge is 0.378 e. The summed E-state index contributed by atoms with van der Waals surface area (Å²) in [6, 6.07) is 2.62. The zero-order chi connectivity index (χ0) is 10.7. The summed E-state index contributed by atoms with van der Waals surface area (Å²) in [6.45, 7) is 2.95. The van der Waals surface area contributed by atoms with E-state index in [0.717, 1.165) is 5.69 Å². The lowest BCUT2D eigenvalue weighted by Crippen LogP contribution is -2.31. The Morgan fingerprint density at radius 1 is 1.47 bits per heavy atom. The second-order valence-corrected chi connectivity index (χ2v) is 4.25. The molecule has 2 rings (SSSR count). The molecule has 0 unspecified atom stereocenters. The first-order chi connectivity index (χ1) is 7.29. The number of nitrogens with zero attached hydrogens (tertiary/aromatic N) is 3. The molecule has 4 nitrogen and oxygen atoms in total. The topological polar surface area (TPSA) is 30.3 Å². The van der Waals surface area contributed by atoms with Gasteiger partial charge in [0.1, 0.15) is 0 Å². The molecule has 1 fully saturated rings. The first-order valence-corrected chi connectivity index (χ1v) is 5.51. The number of hydrogen-bond acceptors (Lipinski definition) is 3. The minimum absolute atomic E-state index is 0.576. The van der Waals surface area contributed by atoms with Crippen LogP contribution in [0.4, 0.5) is 0 Å². The van der Waals surface area contributed by atoms with Crippen LogP contribution in [0.5, 0.6) is 0 Å². The molecule has 0 amide bonds. The van der Waals surface area contributed by atoms with Crippen LogP contribution in [0.1, 0.15) is 24.6 Å². The minimum atomic E-state index is 0.576. The second-order valence-electron chi connectivity index (χ2n) is 4.25. The van der Waals surface area contributed by atoms with Gasteiger partial charge in [0.2, 0.25) is 0 Å². The molecular weight excluding hydrogens is 190 g/mol. The van der Waals surface area contributed by atoms with Gasteiger partial charge in [-0.25, -0.2) is 0 Å². The summed E-state index contributed by atoms with van der Waals surface area (Å²) in [6.07, 6.45) is 4.47. The first kappa shape index (κ1) is 10.6. The van der Waals surface area contributed by atoms with Crippen molar-refractivity contribution in [2.45, 2.75) is 25.5 Å². The van der Waals surface area contributed by atoms with Crippen molar-refractivity contribution < 1.29 is 4.74 Å². The SMILES string of the molecule is COCc1ccn(C2CCN(C)CC2)n1. The Bertz CT molecular complexity index is 303.